The number of rotatable bonds is 4. The smallest absolute Gasteiger partial charge is 0.320 e. The first-order valence-electron chi connectivity index (χ1n) is 8.69. The Morgan fingerprint density at radius 2 is 2.20 bits per heavy atom. The van der Waals surface area contributed by atoms with Gasteiger partial charge in [0.2, 0.25) is 11.7 Å². The highest BCUT2D eigenvalue weighted by atomic mass is 35.5. The van der Waals surface area contributed by atoms with Gasteiger partial charge in [-0.2, -0.15) is 4.98 Å². The Labute approximate surface area is 150 Å². The minimum absolute atomic E-state index is 0.302. The summed E-state index contributed by atoms with van der Waals surface area (Å²) in [5.74, 6) is 0.630. The van der Waals surface area contributed by atoms with Crippen LogP contribution in [-0.4, -0.2) is 38.2 Å². The molecule has 0 bridgehead atoms. The fourth-order valence-electron chi connectivity index (χ4n) is 4.24. The average Bonchev–Trinajstić information content (AvgIpc) is 3.21. The molecule has 0 unspecified atom stereocenters. The molecule has 2 fully saturated rings. The zero-order valence-corrected chi connectivity index (χ0v) is 14.5. The van der Waals surface area contributed by atoms with E-state index in [9.17, 15) is 9.90 Å². The first kappa shape index (κ1) is 16.5. The van der Waals surface area contributed by atoms with Gasteiger partial charge in [-0.15, -0.1) is 0 Å². The first-order valence-corrected chi connectivity index (χ1v) is 9.06. The van der Waals surface area contributed by atoms with Gasteiger partial charge >= 0.3 is 5.97 Å². The zero-order chi connectivity index (χ0) is 17.4. The number of halogens is 1. The number of nitrogens with zero attached hydrogens (tertiary/aromatic N) is 3. The van der Waals surface area contributed by atoms with Crippen molar-refractivity contribution in [1.29, 1.82) is 0 Å². The molecule has 1 aromatic carbocycles. The predicted molar refractivity (Wildman–Crippen MR) is 92.1 cm³/mol. The van der Waals surface area contributed by atoms with E-state index in [2.05, 4.69) is 10.1 Å². The van der Waals surface area contributed by atoms with Gasteiger partial charge in [0.1, 0.15) is 6.04 Å². The number of aromatic nitrogens is 2. The zero-order valence-electron chi connectivity index (χ0n) is 13.8. The maximum Gasteiger partial charge on any atom is 0.320 e. The summed E-state index contributed by atoms with van der Waals surface area (Å²) in [6.45, 7) is 0.381. The molecule has 1 aliphatic heterocycles. The molecular formula is C18H20ClN3O3. The van der Waals surface area contributed by atoms with Crippen LogP contribution in [0.15, 0.2) is 28.8 Å². The van der Waals surface area contributed by atoms with E-state index in [1.54, 1.807) is 12.1 Å². The second kappa shape index (κ2) is 6.77. The van der Waals surface area contributed by atoms with Gasteiger partial charge in [-0.1, -0.05) is 41.7 Å². The van der Waals surface area contributed by atoms with Crippen LogP contribution in [0.25, 0.3) is 11.4 Å². The molecule has 25 heavy (non-hydrogen) atoms. The molecule has 2 heterocycles. The molecule has 6 nitrogen and oxygen atoms in total. The molecule has 2 aliphatic rings. The number of carbonyl (C=O) groups is 1. The number of hydrogen-bond donors (Lipinski definition) is 1. The van der Waals surface area contributed by atoms with E-state index in [-0.39, 0.29) is 0 Å². The third kappa shape index (κ3) is 3.28. The largest absolute Gasteiger partial charge is 0.480 e. The molecule has 132 valence electrons. The van der Waals surface area contributed by atoms with Crippen molar-refractivity contribution in [2.75, 3.05) is 0 Å². The van der Waals surface area contributed by atoms with Crippen molar-refractivity contribution in [2.45, 2.75) is 50.7 Å². The molecule has 7 heteroatoms. The van der Waals surface area contributed by atoms with Crippen LogP contribution in [-0.2, 0) is 11.3 Å². The standard InChI is InChI=1S/C18H20ClN3O3/c19-13-6-3-5-12(8-13)17-20-16(25-21-17)10-22-14-7-2-1-4-11(14)9-15(22)18(23)24/h3,5-6,8,11,14-15H,1-2,4,7,9-10H2,(H,23,24)/t11-,14+,15+/m1/s1. The number of fused-ring (bicyclic) bond motifs is 1. The van der Waals surface area contributed by atoms with Gasteiger partial charge in [-0.05, 0) is 37.3 Å². The minimum atomic E-state index is -0.760. The number of aliphatic carboxylic acids is 1. The lowest BCUT2D eigenvalue weighted by atomic mass is 9.85. The normalized spacial score (nSPS) is 26.5. The van der Waals surface area contributed by atoms with Gasteiger partial charge in [-0.25, -0.2) is 0 Å². The lowest BCUT2D eigenvalue weighted by Gasteiger charge is -2.31. The molecule has 0 radical (unpaired) electrons. The number of carboxylic acid groups (broad SMARTS) is 1. The summed E-state index contributed by atoms with van der Waals surface area (Å²) >= 11 is 6.01. The van der Waals surface area contributed by atoms with Crippen LogP contribution in [0, 0.1) is 5.92 Å². The van der Waals surface area contributed by atoms with E-state index in [1.165, 1.54) is 6.42 Å². The summed E-state index contributed by atoms with van der Waals surface area (Å²) < 4.78 is 5.39. The molecule has 0 amide bonds. The van der Waals surface area contributed by atoms with Gasteiger partial charge in [0, 0.05) is 16.6 Å². The van der Waals surface area contributed by atoms with Crippen LogP contribution >= 0.6 is 11.6 Å². The number of carboxylic acids is 1. The van der Waals surface area contributed by atoms with E-state index in [4.69, 9.17) is 16.1 Å². The summed E-state index contributed by atoms with van der Waals surface area (Å²) in [4.78, 5) is 18.2. The summed E-state index contributed by atoms with van der Waals surface area (Å²) in [5.41, 5.74) is 0.786. The van der Waals surface area contributed by atoms with Gasteiger partial charge in [0.15, 0.2) is 0 Å². The van der Waals surface area contributed by atoms with Crippen molar-refractivity contribution in [3.8, 4) is 11.4 Å². The minimum Gasteiger partial charge on any atom is -0.480 e. The molecule has 1 aliphatic carbocycles. The lowest BCUT2D eigenvalue weighted by molar-refractivity contribution is -0.143. The summed E-state index contributed by atoms with van der Waals surface area (Å²) in [7, 11) is 0. The summed E-state index contributed by atoms with van der Waals surface area (Å²) in [5, 5.41) is 14.2. The monoisotopic (exact) mass is 361 g/mol. The van der Waals surface area contributed by atoms with Crippen molar-refractivity contribution in [3.63, 3.8) is 0 Å². The fraction of sp³-hybridized carbons (Fsp3) is 0.500. The Kier molecular flexibility index (Phi) is 4.48. The highest BCUT2D eigenvalue weighted by Gasteiger charge is 2.45. The average molecular weight is 362 g/mol. The van der Waals surface area contributed by atoms with Crippen molar-refractivity contribution in [1.82, 2.24) is 15.0 Å². The molecule has 1 aromatic heterocycles. The van der Waals surface area contributed by atoms with Crippen LogP contribution in [0.3, 0.4) is 0 Å². The fourth-order valence-corrected chi connectivity index (χ4v) is 4.43. The summed E-state index contributed by atoms with van der Waals surface area (Å²) in [6.07, 6.45) is 5.23. The van der Waals surface area contributed by atoms with Crippen molar-refractivity contribution >= 4 is 17.6 Å². The van der Waals surface area contributed by atoms with Crippen LogP contribution in [0.5, 0.6) is 0 Å². The number of benzene rings is 1. The van der Waals surface area contributed by atoms with Crippen LogP contribution < -0.4 is 0 Å². The van der Waals surface area contributed by atoms with Crippen molar-refractivity contribution < 1.29 is 14.4 Å². The highest BCUT2D eigenvalue weighted by Crippen LogP contribution is 2.40. The quantitative estimate of drug-likeness (QED) is 0.896. The van der Waals surface area contributed by atoms with E-state index < -0.39 is 12.0 Å². The Balaban J connectivity index is 1.55. The molecule has 2 aromatic rings. The molecule has 1 saturated heterocycles. The second-order valence-corrected chi connectivity index (χ2v) is 7.33. The Bertz CT molecular complexity index is 778. The maximum atomic E-state index is 11.7. The maximum absolute atomic E-state index is 11.7. The third-order valence-corrected chi connectivity index (χ3v) is 5.61. The highest BCUT2D eigenvalue weighted by molar-refractivity contribution is 6.30. The van der Waals surface area contributed by atoms with Crippen molar-refractivity contribution in [3.05, 3.63) is 35.2 Å². The SMILES string of the molecule is O=C(O)[C@@H]1C[C@H]2CCCC[C@@H]2N1Cc1nc(-c2cccc(Cl)c2)no1. The molecule has 0 spiro atoms. The van der Waals surface area contributed by atoms with Gasteiger partial charge in [-0.3, -0.25) is 9.69 Å². The van der Waals surface area contributed by atoms with Crippen LogP contribution in [0.2, 0.25) is 5.02 Å². The first-order chi connectivity index (χ1) is 12.1. The second-order valence-electron chi connectivity index (χ2n) is 6.90. The lowest BCUT2D eigenvalue weighted by Crippen LogP contribution is -2.41. The van der Waals surface area contributed by atoms with Crippen LogP contribution in [0.1, 0.15) is 38.0 Å². The van der Waals surface area contributed by atoms with E-state index in [1.807, 2.05) is 17.0 Å². The number of hydrogen-bond acceptors (Lipinski definition) is 5. The third-order valence-electron chi connectivity index (χ3n) is 5.38. The summed E-state index contributed by atoms with van der Waals surface area (Å²) in [6, 6.07) is 7.11. The van der Waals surface area contributed by atoms with E-state index >= 15 is 0 Å². The Morgan fingerprint density at radius 1 is 1.36 bits per heavy atom. The van der Waals surface area contributed by atoms with Gasteiger partial charge in [0.05, 0.1) is 6.54 Å². The van der Waals surface area contributed by atoms with Crippen molar-refractivity contribution in [2.24, 2.45) is 5.92 Å². The molecule has 1 N–H and O–H groups in total. The Hall–Kier alpha value is -1.92. The molecular weight excluding hydrogens is 342 g/mol. The van der Waals surface area contributed by atoms with Gasteiger partial charge < -0.3 is 9.63 Å². The van der Waals surface area contributed by atoms with E-state index in [0.29, 0.717) is 35.2 Å². The predicted octanol–water partition coefficient (Wildman–Crippen LogP) is 3.61. The molecule has 4 rings (SSSR count). The van der Waals surface area contributed by atoms with Crippen LogP contribution in [0.4, 0.5) is 0 Å². The van der Waals surface area contributed by atoms with E-state index in [0.717, 1.165) is 31.2 Å². The number of likely N-dealkylation sites (tertiary alicyclic amines) is 1. The molecule has 1 saturated carbocycles. The van der Waals surface area contributed by atoms with Gasteiger partial charge in [0.25, 0.3) is 0 Å². The Morgan fingerprint density at radius 3 is 3.00 bits per heavy atom. The topological polar surface area (TPSA) is 79.5 Å². The molecule has 3 atom stereocenters.